The molecule has 0 saturated heterocycles. The lowest BCUT2D eigenvalue weighted by molar-refractivity contribution is 0.0979. The number of ether oxygens (including phenoxy) is 2. The highest BCUT2D eigenvalue weighted by Crippen LogP contribution is 2.25. The van der Waals surface area contributed by atoms with Crippen LogP contribution in [-0.2, 0) is 9.84 Å². The predicted octanol–water partition coefficient (Wildman–Crippen LogP) is 4.38. The van der Waals surface area contributed by atoms with Gasteiger partial charge in [0.05, 0.1) is 22.0 Å². The maximum Gasteiger partial charge on any atom is 0.206 e. The largest absolute Gasteiger partial charge is 0.491 e. The molecule has 2 atom stereocenters. The molecule has 31 heavy (non-hydrogen) atoms. The molecule has 2 rings (SSSR count). The molecule has 2 aromatic carbocycles. The lowest BCUT2D eigenvalue weighted by atomic mass is 10.2. The molecule has 0 saturated carbocycles. The van der Waals surface area contributed by atoms with Crippen molar-refractivity contribution in [2.45, 2.75) is 74.4 Å². The van der Waals surface area contributed by atoms with Gasteiger partial charge in [0.15, 0.2) is 0 Å². The average molecular weight is 451 g/mol. The highest BCUT2D eigenvalue weighted by atomic mass is 32.2. The number of sulfone groups is 1. The normalized spacial score (nSPS) is 13.5. The quantitative estimate of drug-likeness (QED) is 0.444. The van der Waals surface area contributed by atoms with Gasteiger partial charge in [-0.15, -0.1) is 0 Å². The summed E-state index contributed by atoms with van der Waals surface area (Å²) in [7, 11) is -3.67. The Balaban J connectivity index is 1.95. The summed E-state index contributed by atoms with van der Waals surface area (Å²) in [6.07, 6.45) is 4.19. The van der Waals surface area contributed by atoms with Gasteiger partial charge in [-0.1, -0.05) is 39.5 Å². The van der Waals surface area contributed by atoms with Crippen LogP contribution in [-0.4, -0.2) is 44.1 Å². The van der Waals surface area contributed by atoms with Gasteiger partial charge < -0.3 is 19.7 Å². The number of rotatable bonds is 14. The summed E-state index contributed by atoms with van der Waals surface area (Å²) in [4.78, 5) is 0.324. The summed E-state index contributed by atoms with van der Waals surface area (Å²) in [5.74, 6) is 1.03. The zero-order valence-corrected chi connectivity index (χ0v) is 19.2. The lowest BCUT2D eigenvalue weighted by Crippen LogP contribution is -2.17. The van der Waals surface area contributed by atoms with E-state index in [1.807, 2.05) is 0 Å². The van der Waals surface area contributed by atoms with Crippen LogP contribution >= 0.6 is 0 Å². The van der Waals surface area contributed by atoms with E-state index in [4.69, 9.17) is 9.47 Å². The summed E-state index contributed by atoms with van der Waals surface area (Å²) in [6.45, 7) is 4.49. The van der Waals surface area contributed by atoms with Gasteiger partial charge in [-0.2, -0.15) is 0 Å². The zero-order chi connectivity index (χ0) is 22.7. The van der Waals surface area contributed by atoms with Gasteiger partial charge in [-0.3, -0.25) is 0 Å². The van der Waals surface area contributed by atoms with Crippen molar-refractivity contribution in [1.29, 1.82) is 0 Å². The Morgan fingerprint density at radius 3 is 1.39 bits per heavy atom. The van der Waals surface area contributed by atoms with E-state index >= 15 is 0 Å². The molecule has 0 fully saturated rings. The van der Waals surface area contributed by atoms with Crippen LogP contribution in [0.1, 0.15) is 52.4 Å². The van der Waals surface area contributed by atoms with Crippen molar-refractivity contribution in [3.05, 3.63) is 48.5 Å². The molecule has 0 amide bonds. The molecule has 0 radical (unpaired) electrons. The zero-order valence-electron chi connectivity index (χ0n) is 18.4. The first-order chi connectivity index (χ1) is 14.9. The van der Waals surface area contributed by atoms with Gasteiger partial charge in [0.2, 0.25) is 9.84 Å². The first-order valence-electron chi connectivity index (χ1n) is 10.9. The van der Waals surface area contributed by atoms with E-state index in [1.54, 1.807) is 24.3 Å². The summed E-state index contributed by atoms with van der Waals surface area (Å²) < 4.78 is 36.8. The summed E-state index contributed by atoms with van der Waals surface area (Å²) in [5, 5.41) is 19.7. The molecule has 2 unspecified atom stereocenters. The number of aliphatic hydroxyl groups is 2. The Morgan fingerprint density at radius 1 is 0.710 bits per heavy atom. The highest BCUT2D eigenvalue weighted by molar-refractivity contribution is 7.91. The van der Waals surface area contributed by atoms with E-state index in [-0.39, 0.29) is 23.0 Å². The van der Waals surface area contributed by atoms with Crippen molar-refractivity contribution < 1.29 is 28.1 Å². The fourth-order valence-electron chi connectivity index (χ4n) is 3.00. The first kappa shape index (κ1) is 25.2. The van der Waals surface area contributed by atoms with E-state index in [0.717, 1.165) is 25.7 Å². The highest BCUT2D eigenvalue weighted by Gasteiger charge is 2.18. The SMILES string of the molecule is CCCCC(O)COc1ccc(S(=O)(=O)c2ccc(OCC(O)CCCC)cc2)cc1. The maximum atomic E-state index is 12.9. The van der Waals surface area contributed by atoms with Crippen molar-refractivity contribution in [2.24, 2.45) is 0 Å². The third kappa shape index (κ3) is 8.16. The van der Waals surface area contributed by atoms with Crippen LogP contribution in [0.4, 0.5) is 0 Å². The predicted molar refractivity (Wildman–Crippen MR) is 120 cm³/mol. The number of unbranched alkanes of at least 4 members (excludes halogenated alkanes) is 2. The number of benzene rings is 2. The second kappa shape index (κ2) is 12.7. The minimum absolute atomic E-state index is 0.162. The van der Waals surface area contributed by atoms with Gasteiger partial charge >= 0.3 is 0 Å². The Kier molecular flexibility index (Phi) is 10.3. The average Bonchev–Trinajstić information content (AvgIpc) is 2.79. The Bertz CT molecular complexity index is 794. The van der Waals surface area contributed by atoms with E-state index in [0.29, 0.717) is 24.3 Å². The van der Waals surface area contributed by atoms with Crippen molar-refractivity contribution in [3.8, 4) is 11.5 Å². The Hall–Kier alpha value is -2.09. The van der Waals surface area contributed by atoms with Crippen LogP contribution in [0.5, 0.6) is 11.5 Å². The van der Waals surface area contributed by atoms with Gasteiger partial charge in [0.1, 0.15) is 24.7 Å². The maximum absolute atomic E-state index is 12.9. The number of aliphatic hydroxyl groups excluding tert-OH is 2. The Morgan fingerprint density at radius 2 is 1.06 bits per heavy atom. The van der Waals surface area contributed by atoms with Crippen LogP contribution in [0.2, 0.25) is 0 Å². The molecule has 6 nitrogen and oxygen atoms in total. The van der Waals surface area contributed by atoms with Gasteiger partial charge in [-0.25, -0.2) is 8.42 Å². The molecule has 7 heteroatoms. The van der Waals surface area contributed by atoms with Crippen molar-refractivity contribution >= 4 is 9.84 Å². The van der Waals surface area contributed by atoms with Crippen LogP contribution in [0.15, 0.2) is 58.3 Å². The molecule has 0 aliphatic rings. The summed E-state index contributed by atoms with van der Waals surface area (Å²) in [5.41, 5.74) is 0. The fraction of sp³-hybridized carbons (Fsp3) is 0.500. The Labute approximate surface area is 185 Å². The minimum atomic E-state index is -3.67. The van der Waals surface area contributed by atoms with Crippen molar-refractivity contribution in [1.82, 2.24) is 0 Å². The molecule has 2 aromatic rings. The molecular weight excluding hydrogens is 416 g/mol. The van der Waals surface area contributed by atoms with E-state index in [1.165, 1.54) is 24.3 Å². The molecule has 0 aliphatic carbocycles. The van der Waals surface area contributed by atoms with Crippen LogP contribution < -0.4 is 9.47 Å². The van der Waals surface area contributed by atoms with E-state index < -0.39 is 22.0 Å². The van der Waals surface area contributed by atoms with Crippen molar-refractivity contribution in [3.63, 3.8) is 0 Å². The topological polar surface area (TPSA) is 93.1 Å². The van der Waals surface area contributed by atoms with Gasteiger partial charge in [-0.05, 0) is 61.4 Å². The molecule has 172 valence electrons. The molecule has 0 spiro atoms. The van der Waals surface area contributed by atoms with E-state index in [9.17, 15) is 18.6 Å². The van der Waals surface area contributed by atoms with E-state index in [2.05, 4.69) is 13.8 Å². The molecular formula is C24H34O6S. The molecule has 0 aliphatic heterocycles. The molecule has 0 heterocycles. The van der Waals surface area contributed by atoms with Crippen molar-refractivity contribution in [2.75, 3.05) is 13.2 Å². The summed E-state index contributed by atoms with van der Waals surface area (Å²) >= 11 is 0. The lowest BCUT2D eigenvalue weighted by Gasteiger charge is -2.13. The van der Waals surface area contributed by atoms with Crippen LogP contribution in [0.25, 0.3) is 0 Å². The summed E-state index contributed by atoms with van der Waals surface area (Å²) in [6, 6.07) is 12.4. The smallest absolute Gasteiger partial charge is 0.206 e. The second-order valence-corrected chi connectivity index (χ2v) is 9.61. The monoisotopic (exact) mass is 450 g/mol. The minimum Gasteiger partial charge on any atom is -0.491 e. The molecule has 0 bridgehead atoms. The van der Waals surface area contributed by atoms with Gasteiger partial charge in [0.25, 0.3) is 0 Å². The standard InChI is InChI=1S/C24H34O6S/c1-3-5-7-19(25)17-29-21-9-13-23(14-10-21)31(27,28)24-15-11-22(12-16-24)30-18-20(26)8-6-4-2/h9-16,19-20,25-26H,3-8,17-18H2,1-2H3. The number of hydrogen-bond donors (Lipinski definition) is 2. The molecule has 2 N–H and O–H groups in total. The van der Waals surface area contributed by atoms with Crippen LogP contribution in [0.3, 0.4) is 0 Å². The fourth-order valence-corrected chi connectivity index (χ4v) is 4.26. The second-order valence-electron chi connectivity index (χ2n) is 7.66. The third-order valence-corrected chi connectivity index (χ3v) is 6.72. The molecule has 0 aromatic heterocycles. The first-order valence-corrected chi connectivity index (χ1v) is 12.4. The number of hydrogen-bond acceptors (Lipinski definition) is 6. The van der Waals surface area contributed by atoms with Gasteiger partial charge in [0, 0.05) is 0 Å². The van der Waals surface area contributed by atoms with Crippen LogP contribution in [0, 0.1) is 0 Å². The third-order valence-electron chi connectivity index (χ3n) is 4.93.